The van der Waals surface area contributed by atoms with E-state index >= 15 is 0 Å². The standard InChI is InChI=1S/C9H13/c1-2-4-6-8-9-7-5-3-1/h1-2,9H,3-7H2/b2-1+,9-8?. The van der Waals surface area contributed by atoms with Crippen LogP contribution in [-0.4, -0.2) is 0 Å². The van der Waals surface area contributed by atoms with Gasteiger partial charge in [-0.15, -0.1) is 0 Å². The maximum atomic E-state index is 3.25. The zero-order chi connectivity index (χ0) is 6.36. The molecule has 0 heteroatoms. The fourth-order valence-electron chi connectivity index (χ4n) is 0.944. The highest BCUT2D eigenvalue weighted by Gasteiger charge is 1.84. The molecule has 1 aliphatic carbocycles. The van der Waals surface area contributed by atoms with Crippen LogP contribution in [0.25, 0.3) is 0 Å². The highest BCUT2D eigenvalue weighted by Crippen LogP contribution is 2.03. The summed E-state index contributed by atoms with van der Waals surface area (Å²) in [6, 6.07) is 0. The SMILES string of the molecule is [C]1=C/CCC/C=C/CC/1. The van der Waals surface area contributed by atoms with Crippen molar-refractivity contribution < 1.29 is 0 Å². The van der Waals surface area contributed by atoms with E-state index in [-0.39, 0.29) is 0 Å². The molecule has 1 radical (unpaired) electrons. The van der Waals surface area contributed by atoms with Crippen LogP contribution in [0.1, 0.15) is 32.1 Å². The Morgan fingerprint density at radius 1 is 1.00 bits per heavy atom. The molecule has 0 nitrogen and oxygen atoms in total. The van der Waals surface area contributed by atoms with Crippen molar-refractivity contribution in [3.8, 4) is 0 Å². The van der Waals surface area contributed by atoms with Gasteiger partial charge in [0.05, 0.1) is 0 Å². The summed E-state index contributed by atoms with van der Waals surface area (Å²) in [4.78, 5) is 0. The largest absolute Gasteiger partial charge is 0.0885 e. The lowest BCUT2D eigenvalue weighted by atomic mass is 10.2. The van der Waals surface area contributed by atoms with E-state index in [1.807, 2.05) is 0 Å². The van der Waals surface area contributed by atoms with Gasteiger partial charge in [-0.25, -0.2) is 0 Å². The fourth-order valence-corrected chi connectivity index (χ4v) is 0.944. The van der Waals surface area contributed by atoms with Crippen molar-refractivity contribution in [2.75, 3.05) is 0 Å². The molecule has 0 N–H and O–H groups in total. The van der Waals surface area contributed by atoms with Crippen LogP contribution in [0.2, 0.25) is 0 Å². The molecular formula is C9H13. The van der Waals surface area contributed by atoms with Crippen molar-refractivity contribution in [1.29, 1.82) is 0 Å². The summed E-state index contributed by atoms with van der Waals surface area (Å²) in [7, 11) is 0. The summed E-state index contributed by atoms with van der Waals surface area (Å²) in [5, 5.41) is 0. The Morgan fingerprint density at radius 3 is 2.89 bits per heavy atom. The second-order valence-electron chi connectivity index (χ2n) is 2.35. The van der Waals surface area contributed by atoms with Gasteiger partial charge in [0.25, 0.3) is 0 Å². The summed E-state index contributed by atoms with van der Waals surface area (Å²) in [5.74, 6) is 0. The fraction of sp³-hybridized carbons (Fsp3) is 0.556. The van der Waals surface area contributed by atoms with E-state index in [0.29, 0.717) is 0 Å². The number of hydrogen-bond donors (Lipinski definition) is 0. The van der Waals surface area contributed by atoms with Gasteiger partial charge in [-0.1, -0.05) is 18.2 Å². The van der Waals surface area contributed by atoms with Gasteiger partial charge >= 0.3 is 0 Å². The van der Waals surface area contributed by atoms with Crippen LogP contribution in [0.5, 0.6) is 0 Å². The van der Waals surface area contributed by atoms with Gasteiger partial charge in [0, 0.05) is 0 Å². The Labute approximate surface area is 57.3 Å². The number of rotatable bonds is 0. The zero-order valence-electron chi connectivity index (χ0n) is 5.77. The second kappa shape index (κ2) is 4.37. The van der Waals surface area contributed by atoms with Crippen LogP contribution < -0.4 is 0 Å². The van der Waals surface area contributed by atoms with Crippen LogP contribution in [0.4, 0.5) is 0 Å². The molecule has 0 atom stereocenters. The molecule has 0 fully saturated rings. The molecule has 9 heavy (non-hydrogen) atoms. The molecule has 49 valence electrons. The summed E-state index contributed by atoms with van der Waals surface area (Å²) in [6.07, 6.45) is 16.0. The van der Waals surface area contributed by atoms with Crippen molar-refractivity contribution >= 4 is 0 Å². The van der Waals surface area contributed by atoms with Crippen LogP contribution >= 0.6 is 0 Å². The molecule has 0 saturated heterocycles. The van der Waals surface area contributed by atoms with E-state index in [1.165, 1.54) is 25.7 Å². The normalized spacial score (nSPS) is 27.6. The average molecular weight is 121 g/mol. The lowest BCUT2D eigenvalue weighted by Crippen LogP contribution is -1.65. The number of allylic oxidation sites excluding steroid dienone is 4. The molecular weight excluding hydrogens is 108 g/mol. The quantitative estimate of drug-likeness (QED) is 0.432. The minimum Gasteiger partial charge on any atom is -0.0885 e. The smallest absolute Gasteiger partial charge is 0.0245 e. The first kappa shape index (κ1) is 6.60. The van der Waals surface area contributed by atoms with Gasteiger partial charge in [-0.3, -0.25) is 0 Å². The Balaban J connectivity index is 2.28. The topological polar surface area (TPSA) is 0 Å². The summed E-state index contributed by atoms with van der Waals surface area (Å²) >= 11 is 0. The van der Waals surface area contributed by atoms with Gasteiger partial charge in [0.15, 0.2) is 0 Å². The Kier molecular flexibility index (Phi) is 3.20. The monoisotopic (exact) mass is 121 g/mol. The molecule has 0 unspecified atom stereocenters. The maximum Gasteiger partial charge on any atom is -0.0245 e. The summed E-state index contributed by atoms with van der Waals surface area (Å²) < 4.78 is 0. The third-order valence-corrected chi connectivity index (χ3v) is 1.49. The Hall–Kier alpha value is -0.520. The molecule has 0 saturated carbocycles. The molecule has 1 rings (SSSR count). The van der Waals surface area contributed by atoms with Gasteiger partial charge in [-0.2, -0.15) is 0 Å². The van der Waals surface area contributed by atoms with Crippen LogP contribution in [0.15, 0.2) is 18.2 Å². The number of hydrogen-bond acceptors (Lipinski definition) is 0. The first-order valence-electron chi connectivity index (χ1n) is 3.70. The van der Waals surface area contributed by atoms with E-state index in [9.17, 15) is 0 Å². The van der Waals surface area contributed by atoms with Crippen molar-refractivity contribution in [2.45, 2.75) is 32.1 Å². The Bertz CT molecular complexity index is 95.2. The maximum absolute atomic E-state index is 3.25. The van der Waals surface area contributed by atoms with Crippen molar-refractivity contribution in [1.82, 2.24) is 0 Å². The molecule has 0 aromatic rings. The third-order valence-electron chi connectivity index (χ3n) is 1.49. The van der Waals surface area contributed by atoms with Crippen LogP contribution in [0, 0.1) is 6.08 Å². The molecule has 0 aromatic carbocycles. The van der Waals surface area contributed by atoms with Crippen LogP contribution in [-0.2, 0) is 0 Å². The molecule has 1 aliphatic rings. The third kappa shape index (κ3) is 3.12. The molecule has 0 aliphatic heterocycles. The van der Waals surface area contributed by atoms with Gasteiger partial charge in [0.2, 0.25) is 0 Å². The van der Waals surface area contributed by atoms with E-state index in [4.69, 9.17) is 0 Å². The second-order valence-corrected chi connectivity index (χ2v) is 2.35. The molecule has 0 bridgehead atoms. The van der Waals surface area contributed by atoms with E-state index in [1.54, 1.807) is 0 Å². The van der Waals surface area contributed by atoms with Crippen molar-refractivity contribution in [2.24, 2.45) is 0 Å². The molecule has 0 amide bonds. The van der Waals surface area contributed by atoms with Gasteiger partial charge in [-0.05, 0) is 38.2 Å². The molecule has 0 spiro atoms. The van der Waals surface area contributed by atoms with Crippen molar-refractivity contribution in [3.05, 3.63) is 24.3 Å². The summed E-state index contributed by atoms with van der Waals surface area (Å²) in [6.45, 7) is 0. The minimum atomic E-state index is 1.11. The summed E-state index contributed by atoms with van der Waals surface area (Å²) in [5.41, 5.74) is 0. The highest BCUT2D eigenvalue weighted by molar-refractivity contribution is 4.87. The van der Waals surface area contributed by atoms with Gasteiger partial charge < -0.3 is 0 Å². The predicted molar refractivity (Wildman–Crippen MR) is 40.0 cm³/mol. The first-order valence-corrected chi connectivity index (χ1v) is 3.70. The van der Waals surface area contributed by atoms with Gasteiger partial charge in [0.1, 0.15) is 0 Å². The zero-order valence-corrected chi connectivity index (χ0v) is 5.77. The van der Waals surface area contributed by atoms with E-state index < -0.39 is 0 Å². The highest BCUT2D eigenvalue weighted by atomic mass is 13.9. The molecule has 0 aromatic heterocycles. The lowest BCUT2D eigenvalue weighted by molar-refractivity contribution is 0.867. The lowest BCUT2D eigenvalue weighted by Gasteiger charge is -1.85. The van der Waals surface area contributed by atoms with Crippen molar-refractivity contribution in [3.63, 3.8) is 0 Å². The average Bonchev–Trinajstić information content (AvgIpc) is 2.00. The minimum absolute atomic E-state index is 1.11. The van der Waals surface area contributed by atoms with Crippen LogP contribution in [0.3, 0.4) is 0 Å². The Morgan fingerprint density at radius 2 is 1.89 bits per heavy atom. The van der Waals surface area contributed by atoms with E-state index in [2.05, 4.69) is 24.3 Å². The first-order chi connectivity index (χ1) is 4.50. The molecule has 0 heterocycles. The van der Waals surface area contributed by atoms with E-state index in [0.717, 1.165) is 6.42 Å². The predicted octanol–water partition coefficient (Wildman–Crippen LogP) is 2.87.